The van der Waals surface area contributed by atoms with Crippen molar-refractivity contribution >= 4 is 5.52 Å². The van der Waals surface area contributed by atoms with E-state index < -0.39 is 0 Å². The summed E-state index contributed by atoms with van der Waals surface area (Å²) >= 11 is 0. The van der Waals surface area contributed by atoms with E-state index in [9.17, 15) is 4.79 Å². The molecule has 0 aliphatic carbocycles. The van der Waals surface area contributed by atoms with Gasteiger partial charge in [-0.2, -0.15) is 5.10 Å². The van der Waals surface area contributed by atoms with Gasteiger partial charge in [-0.25, -0.2) is 4.52 Å². The Hall–Kier alpha value is -2.40. The Kier molecular flexibility index (Phi) is 3.10. The summed E-state index contributed by atoms with van der Waals surface area (Å²) in [5, 5.41) is 4.45. The van der Waals surface area contributed by atoms with Crippen LogP contribution in [0, 0.1) is 5.92 Å². The molecule has 5 heterocycles. The van der Waals surface area contributed by atoms with Crippen molar-refractivity contribution in [3.63, 3.8) is 0 Å². The van der Waals surface area contributed by atoms with Gasteiger partial charge in [0.05, 0.1) is 11.2 Å². The third-order valence-corrected chi connectivity index (χ3v) is 5.44. The number of piperidine rings is 1. The van der Waals surface area contributed by atoms with Crippen molar-refractivity contribution < 1.29 is 0 Å². The Morgan fingerprint density at radius 1 is 1.04 bits per heavy atom. The van der Waals surface area contributed by atoms with Crippen LogP contribution in [0.5, 0.6) is 0 Å². The average molecular weight is 320 g/mol. The van der Waals surface area contributed by atoms with Crippen molar-refractivity contribution in [1.29, 1.82) is 0 Å². The van der Waals surface area contributed by atoms with Gasteiger partial charge in [0.1, 0.15) is 0 Å². The molecule has 24 heavy (non-hydrogen) atoms. The molecule has 3 aromatic rings. The Morgan fingerprint density at radius 2 is 1.96 bits per heavy atom. The smallest absolute Gasteiger partial charge is 0.250 e. The molecule has 2 aliphatic heterocycles. The Morgan fingerprint density at radius 3 is 2.92 bits per heavy atom. The minimum absolute atomic E-state index is 0.150. The summed E-state index contributed by atoms with van der Waals surface area (Å²) in [6.07, 6.45) is 3.05. The first-order valence-electron chi connectivity index (χ1n) is 8.62. The van der Waals surface area contributed by atoms with Crippen molar-refractivity contribution in [3.05, 3.63) is 70.4 Å². The Labute approximate surface area is 140 Å². The van der Waals surface area contributed by atoms with Gasteiger partial charge in [0.15, 0.2) is 0 Å². The molecule has 3 aromatic heterocycles. The van der Waals surface area contributed by atoms with Crippen molar-refractivity contribution in [2.24, 2.45) is 5.92 Å². The highest BCUT2D eigenvalue weighted by Crippen LogP contribution is 2.35. The SMILES string of the molecule is O=c1cccc2n1C[C@H]1C[C@@H]2CN(Cc2cccc3ccnn23)C1. The molecular formula is C19H20N4O. The summed E-state index contributed by atoms with van der Waals surface area (Å²) in [5.74, 6) is 1.02. The van der Waals surface area contributed by atoms with Crippen LogP contribution in [-0.4, -0.2) is 32.2 Å². The van der Waals surface area contributed by atoms with Crippen LogP contribution in [0.25, 0.3) is 5.52 Å². The van der Waals surface area contributed by atoms with E-state index in [-0.39, 0.29) is 5.56 Å². The highest BCUT2D eigenvalue weighted by molar-refractivity contribution is 5.46. The summed E-state index contributed by atoms with van der Waals surface area (Å²) in [6, 6.07) is 14.1. The summed E-state index contributed by atoms with van der Waals surface area (Å²) in [4.78, 5) is 14.6. The minimum atomic E-state index is 0.150. The largest absolute Gasteiger partial charge is 0.312 e. The van der Waals surface area contributed by atoms with Gasteiger partial charge in [-0.05, 0) is 36.6 Å². The fraction of sp³-hybridized carbons (Fsp3) is 0.368. The number of hydrogen-bond acceptors (Lipinski definition) is 3. The number of rotatable bonds is 2. The molecule has 2 atom stereocenters. The van der Waals surface area contributed by atoms with Gasteiger partial charge in [0, 0.05) is 50.1 Å². The predicted octanol–water partition coefficient (Wildman–Crippen LogP) is 2.12. The van der Waals surface area contributed by atoms with Crippen LogP contribution in [0.1, 0.15) is 23.7 Å². The van der Waals surface area contributed by atoms with E-state index in [0.29, 0.717) is 11.8 Å². The number of hydrogen-bond donors (Lipinski definition) is 0. The molecule has 1 saturated heterocycles. The quantitative estimate of drug-likeness (QED) is 0.726. The van der Waals surface area contributed by atoms with Crippen molar-refractivity contribution in [3.8, 4) is 0 Å². The number of nitrogens with zero attached hydrogens (tertiary/aromatic N) is 4. The Bertz CT molecular complexity index is 957. The number of pyridine rings is 2. The molecule has 5 rings (SSSR count). The van der Waals surface area contributed by atoms with Crippen LogP contribution in [0.4, 0.5) is 0 Å². The van der Waals surface area contributed by atoms with Gasteiger partial charge in [-0.15, -0.1) is 0 Å². The van der Waals surface area contributed by atoms with Gasteiger partial charge >= 0.3 is 0 Å². The van der Waals surface area contributed by atoms with Crippen LogP contribution in [0.15, 0.2) is 53.5 Å². The van der Waals surface area contributed by atoms with Crippen LogP contribution in [0.2, 0.25) is 0 Å². The maximum Gasteiger partial charge on any atom is 0.250 e. The monoisotopic (exact) mass is 320 g/mol. The fourth-order valence-corrected chi connectivity index (χ4v) is 4.48. The second-order valence-electron chi connectivity index (χ2n) is 7.08. The highest BCUT2D eigenvalue weighted by atomic mass is 16.1. The first-order valence-corrected chi connectivity index (χ1v) is 8.62. The second-order valence-corrected chi connectivity index (χ2v) is 7.08. The third-order valence-electron chi connectivity index (χ3n) is 5.44. The number of aromatic nitrogens is 3. The van der Waals surface area contributed by atoms with Gasteiger partial charge in [0.2, 0.25) is 0 Å². The lowest BCUT2D eigenvalue weighted by atomic mass is 9.83. The molecule has 0 radical (unpaired) electrons. The molecule has 0 spiro atoms. The first-order chi connectivity index (χ1) is 11.8. The molecule has 2 aliphatic rings. The lowest BCUT2D eigenvalue weighted by Crippen LogP contribution is -2.46. The van der Waals surface area contributed by atoms with Crippen molar-refractivity contribution in [2.45, 2.75) is 25.4 Å². The predicted molar refractivity (Wildman–Crippen MR) is 92.0 cm³/mol. The molecule has 5 heteroatoms. The molecule has 5 nitrogen and oxygen atoms in total. The van der Waals surface area contributed by atoms with Crippen molar-refractivity contribution in [1.82, 2.24) is 19.1 Å². The van der Waals surface area contributed by atoms with E-state index >= 15 is 0 Å². The summed E-state index contributed by atoms with van der Waals surface area (Å²) in [7, 11) is 0. The van der Waals surface area contributed by atoms with Crippen LogP contribution in [0.3, 0.4) is 0 Å². The Balaban J connectivity index is 1.44. The van der Waals surface area contributed by atoms with E-state index in [1.807, 2.05) is 27.4 Å². The van der Waals surface area contributed by atoms with Gasteiger partial charge < -0.3 is 4.57 Å². The molecule has 122 valence electrons. The molecule has 1 fully saturated rings. The third kappa shape index (κ3) is 2.19. The molecule has 0 N–H and O–H groups in total. The number of fused-ring (bicyclic) bond motifs is 5. The van der Waals surface area contributed by atoms with E-state index in [1.165, 1.54) is 17.8 Å². The van der Waals surface area contributed by atoms with E-state index in [2.05, 4.69) is 34.3 Å². The lowest BCUT2D eigenvalue weighted by molar-refractivity contribution is 0.112. The summed E-state index contributed by atoms with van der Waals surface area (Å²) in [6.45, 7) is 3.82. The average Bonchev–Trinajstić information content (AvgIpc) is 3.06. The van der Waals surface area contributed by atoms with Crippen LogP contribution < -0.4 is 5.56 Å². The second kappa shape index (κ2) is 5.31. The molecule has 2 bridgehead atoms. The fourth-order valence-electron chi connectivity index (χ4n) is 4.48. The topological polar surface area (TPSA) is 42.5 Å². The van der Waals surface area contributed by atoms with E-state index in [0.717, 1.165) is 31.7 Å². The maximum absolute atomic E-state index is 12.1. The molecular weight excluding hydrogens is 300 g/mol. The van der Waals surface area contributed by atoms with Gasteiger partial charge in [0.25, 0.3) is 5.56 Å². The zero-order valence-electron chi connectivity index (χ0n) is 13.5. The van der Waals surface area contributed by atoms with Crippen LogP contribution in [-0.2, 0) is 13.1 Å². The van der Waals surface area contributed by atoms with Crippen LogP contribution >= 0.6 is 0 Å². The summed E-state index contributed by atoms with van der Waals surface area (Å²) in [5.41, 5.74) is 3.72. The first kappa shape index (κ1) is 14.0. The number of likely N-dealkylation sites (tertiary alicyclic amines) is 1. The molecule has 0 saturated carbocycles. The van der Waals surface area contributed by atoms with E-state index in [1.54, 1.807) is 6.07 Å². The molecule has 0 aromatic carbocycles. The zero-order chi connectivity index (χ0) is 16.1. The summed E-state index contributed by atoms with van der Waals surface area (Å²) < 4.78 is 4.02. The van der Waals surface area contributed by atoms with Gasteiger partial charge in [-0.1, -0.05) is 12.1 Å². The molecule has 0 amide bonds. The normalized spacial score (nSPS) is 23.3. The lowest BCUT2D eigenvalue weighted by Gasteiger charge is -2.42. The highest BCUT2D eigenvalue weighted by Gasteiger charge is 2.34. The minimum Gasteiger partial charge on any atom is -0.312 e. The zero-order valence-corrected chi connectivity index (χ0v) is 13.5. The maximum atomic E-state index is 12.1. The van der Waals surface area contributed by atoms with Crippen molar-refractivity contribution in [2.75, 3.05) is 13.1 Å². The molecule has 0 unspecified atom stereocenters. The standard InChI is InChI=1S/C19H20N4O/c24-19-6-2-5-18-15-9-14(11-22(18)19)10-21(12-15)13-17-4-1-3-16-7-8-20-23(16)17/h1-8,14-15H,9-13H2/t14-,15+/m0/s1. The van der Waals surface area contributed by atoms with E-state index in [4.69, 9.17) is 0 Å². The van der Waals surface area contributed by atoms with Gasteiger partial charge in [-0.3, -0.25) is 9.69 Å².